The van der Waals surface area contributed by atoms with Crippen LogP contribution in [0, 0.1) is 0 Å². The molecule has 0 fully saturated rings. The molecular weight excluding hydrogens is 272 g/mol. The normalized spacial score (nSPS) is 19.8. The lowest BCUT2D eigenvalue weighted by Gasteiger charge is -2.35. The molecule has 2 atom stereocenters. The predicted molar refractivity (Wildman–Crippen MR) is 78.3 cm³/mol. The molecule has 1 aliphatic heterocycles. The first kappa shape index (κ1) is 13.3. The van der Waals surface area contributed by atoms with E-state index in [-0.39, 0.29) is 11.9 Å². The molecule has 1 amide bonds. The Morgan fingerprint density at radius 3 is 3.10 bits per heavy atom. The number of amides is 1. The van der Waals surface area contributed by atoms with Gasteiger partial charge in [-0.2, -0.15) is 5.10 Å². The van der Waals surface area contributed by atoms with Crippen molar-refractivity contribution >= 4 is 17.2 Å². The Labute approximate surface area is 122 Å². The molecule has 0 aliphatic carbocycles. The molecular formula is C14H18N4OS. The van der Waals surface area contributed by atoms with Crippen LogP contribution < -0.4 is 5.73 Å². The topological polar surface area (TPSA) is 64.2 Å². The van der Waals surface area contributed by atoms with E-state index >= 15 is 0 Å². The van der Waals surface area contributed by atoms with E-state index in [1.54, 1.807) is 28.4 Å². The predicted octanol–water partition coefficient (Wildman–Crippen LogP) is 1.63. The molecule has 3 heterocycles. The maximum Gasteiger partial charge on any atom is 0.244 e. The van der Waals surface area contributed by atoms with Crippen molar-refractivity contribution in [3.05, 3.63) is 39.8 Å². The molecule has 3 rings (SSSR count). The summed E-state index contributed by atoms with van der Waals surface area (Å²) in [6.45, 7) is 2.81. The van der Waals surface area contributed by atoms with E-state index in [0.717, 1.165) is 18.5 Å². The lowest BCUT2D eigenvalue weighted by atomic mass is 9.99. The number of rotatable bonds is 2. The minimum atomic E-state index is -0.633. The van der Waals surface area contributed by atoms with Crippen LogP contribution in [0.3, 0.4) is 0 Å². The van der Waals surface area contributed by atoms with Crippen LogP contribution in [0.15, 0.2) is 23.8 Å². The third kappa shape index (κ3) is 2.14. The maximum atomic E-state index is 12.6. The number of carbonyl (C=O) groups excluding carboxylic acids is 1. The largest absolute Gasteiger partial charge is 0.334 e. The van der Waals surface area contributed by atoms with Crippen LogP contribution in [0.25, 0.3) is 0 Å². The van der Waals surface area contributed by atoms with Gasteiger partial charge >= 0.3 is 0 Å². The Morgan fingerprint density at radius 1 is 1.60 bits per heavy atom. The maximum absolute atomic E-state index is 12.6. The summed E-state index contributed by atoms with van der Waals surface area (Å²) in [5.41, 5.74) is 8.12. The molecule has 0 saturated heterocycles. The van der Waals surface area contributed by atoms with Crippen molar-refractivity contribution in [2.75, 3.05) is 6.54 Å². The number of carbonyl (C=O) groups is 1. The average molecular weight is 290 g/mol. The fourth-order valence-corrected chi connectivity index (χ4v) is 3.70. The Kier molecular flexibility index (Phi) is 3.35. The molecule has 2 N–H and O–H groups in total. The summed E-state index contributed by atoms with van der Waals surface area (Å²) >= 11 is 1.77. The molecule has 20 heavy (non-hydrogen) atoms. The molecule has 2 aromatic rings. The zero-order valence-electron chi connectivity index (χ0n) is 11.6. The Hall–Kier alpha value is -1.66. The third-order valence-corrected chi connectivity index (χ3v) is 4.91. The minimum Gasteiger partial charge on any atom is -0.334 e. The second-order valence-electron chi connectivity index (χ2n) is 5.18. The van der Waals surface area contributed by atoms with Crippen LogP contribution in [0.5, 0.6) is 0 Å². The van der Waals surface area contributed by atoms with Gasteiger partial charge in [-0.1, -0.05) is 0 Å². The minimum absolute atomic E-state index is 0.0256. The molecule has 0 saturated carbocycles. The van der Waals surface area contributed by atoms with Crippen LogP contribution in [-0.2, 0) is 18.3 Å². The molecule has 0 radical (unpaired) electrons. The standard InChI is InChI=1S/C14H18N4OS/c1-9-11-4-6-20-12(11)3-5-18(9)14(19)13(15)10-7-16-17(2)8-10/h4,6-9,13H,3,5,15H2,1-2H3. The van der Waals surface area contributed by atoms with Crippen LogP contribution >= 0.6 is 11.3 Å². The van der Waals surface area contributed by atoms with Gasteiger partial charge in [0, 0.05) is 30.2 Å². The molecule has 1 aliphatic rings. The van der Waals surface area contributed by atoms with Crippen molar-refractivity contribution in [1.82, 2.24) is 14.7 Å². The van der Waals surface area contributed by atoms with Gasteiger partial charge in [0.1, 0.15) is 6.04 Å². The van der Waals surface area contributed by atoms with Gasteiger partial charge in [0.25, 0.3) is 0 Å². The monoisotopic (exact) mass is 290 g/mol. The number of aromatic nitrogens is 2. The number of aryl methyl sites for hydroxylation is 1. The lowest BCUT2D eigenvalue weighted by molar-refractivity contribution is -0.135. The quantitative estimate of drug-likeness (QED) is 0.914. The highest BCUT2D eigenvalue weighted by molar-refractivity contribution is 7.10. The first-order chi connectivity index (χ1) is 9.58. The van der Waals surface area contributed by atoms with Gasteiger partial charge < -0.3 is 10.6 Å². The molecule has 0 bridgehead atoms. The lowest BCUT2D eigenvalue weighted by Crippen LogP contribution is -2.43. The molecule has 2 aromatic heterocycles. The number of fused-ring (bicyclic) bond motifs is 1. The van der Waals surface area contributed by atoms with E-state index < -0.39 is 6.04 Å². The summed E-state index contributed by atoms with van der Waals surface area (Å²) in [6, 6.07) is 1.58. The van der Waals surface area contributed by atoms with Crippen LogP contribution in [-0.4, -0.2) is 27.1 Å². The fraction of sp³-hybridized carbons (Fsp3) is 0.429. The van der Waals surface area contributed by atoms with Gasteiger partial charge in [0.15, 0.2) is 0 Å². The van der Waals surface area contributed by atoms with Gasteiger partial charge in [0.2, 0.25) is 5.91 Å². The molecule has 5 nitrogen and oxygen atoms in total. The molecule has 6 heteroatoms. The van der Waals surface area contributed by atoms with Crippen LogP contribution in [0.2, 0.25) is 0 Å². The highest BCUT2D eigenvalue weighted by atomic mass is 32.1. The van der Waals surface area contributed by atoms with E-state index in [1.165, 1.54) is 10.4 Å². The van der Waals surface area contributed by atoms with Crippen molar-refractivity contribution < 1.29 is 4.79 Å². The highest BCUT2D eigenvalue weighted by Crippen LogP contribution is 2.34. The van der Waals surface area contributed by atoms with E-state index in [9.17, 15) is 4.79 Å². The smallest absolute Gasteiger partial charge is 0.244 e. The van der Waals surface area contributed by atoms with Gasteiger partial charge in [-0.25, -0.2) is 0 Å². The molecule has 106 valence electrons. The van der Waals surface area contributed by atoms with E-state index in [0.29, 0.717) is 0 Å². The number of thiophene rings is 1. The molecule has 2 unspecified atom stereocenters. The number of hydrogen-bond donors (Lipinski definition) is 1. The summed E-state index contributed by atoms with van der Waals surface area (Å²) in [6.07, 6.45) is 4.38. The first-order valence-corrected chi connectivity index (χ1v) is 7.56. The number of nitrogens with two attached hydrogens (primary N) is 1. The second-order valence-corrected chi connectivity index (χ2v) is 6.18. The Morgan fingerprint density at radius 2 is 2.40 bits per heavy atom. The zero-order chi connectivity index (χ0) is 14.3. The SMILES string of the molecule is CC1c2ccsc2CCN1C(=O)C(N)c1cnn(C)c1. The van der Waals surface area contributed by atoms with E-state index in [2.05, 4.69) is 23.5 Å². The summed E-state index contributed by atoms with van der Waals surface area (Å²) in [5, 5.41) is 6.17. The van der Waals surface area contributed by atoms with Crippen molar-refractivity contribution in [3.8, 4) is 0 Å². The van der Waals surface area contributed by atoms with Gasteiger partial charge in [-0.3, -0.25) is 9.48 Å². The number of hydrogen-bond acceptors (Lipinski definition) is 4. The van der Waals surface area contributed by atoms with Crippen molar-refractivity contribution in [2.45, 2.75) is 25.4 Å². The zero-order valence-corrected chi connectivity index (χ0v) is 12.4. The van der Waals surface area contributed by atoms with Crippen LogP contribution in [0.4, 0.5) is 0 Å². The summed E-state index contributed by atoms with van der Waals surface area (Å²) in [7, 11) is 1.82. The Bertz CT molecular complexity index is 633. The summed E-state index contributed by atoms with van der Waals surface area (Å²) in [5.74, 6) is -0.0256. The van der Waals surface area contributed by atoms with Crippen molar-refractivity contribution in [3.63, 3.8) is 0 Å². The van der Waals surface area contributed by atoms with Crippen LogP contribution in [0.1, 0.15) is 35.0 Å². The van der Waals surface area contributed by atoms with Gasteiger partial charge in [-0.15, -0.1) is 11.3 Å². The van der Waals surface area contributed by atoms with Gasteiger partial charge in [0.05, 0.1) is 12.2 Å². The summed E-state index contributed by atoms with van der Waals surface area (Å²) < 4.78 is 1.67. The van der Waals surface area contributed by atoms with Crippen molar-refractivity contribution in [1.29, 1.82) is 0 Å². The molecule has 0 aromatic carbocycles. The Balaban J connectivity index is 1.81. The van der Waals surface area contributed by atoms with Gasteiger partial charge in [-0.05, 0) is 30.4 Å². The second kappa shape index (κ2) is 5.03. The third-order valence-electron chi connectivity index (χ3n) is 3.91. The first-order valence-electron chi connectivity index (χ1n) is 6.69. The fourth-order valence-electron chi connectivity index (χ4n) is 2.73. The number of nitrogens with zero attached hydrogens (tertiary/aromatic N) is 3. The van der Waals surface area contributed by atoms with E-state index in [1.807, 2.05) is 11.9 Å². The summed E-state index contributed by atoms with van der Waals surface area (Å²) in [4.78, 5) is 15.9. The highest BCUT2D eigenvalue weighted by Gasteiger charge is 2.31. The average Bonchev–Trinajstić information content (AvgIpc) is 3.06. The van der Waals surface area contributed by atoms with Crippen molar-refractivity contribution in [2.24, 2.45) is 12.8 Å². The molecule has 0 spiro atoms. The van der Waals surface area contributed by atoms with E-state index in [4.69, 9.17) is 5.73 Å².